The van der Waals surface area contributed by atoms with Crippen molar-refractivity contribution < 1.29 is 14.3 Å². The van der Waals surface area contributed by atoms with E-state index in [9.17, 15) is 4.79 Å². The molecule has 0 saturated carbocycles. The van der Waals surface area contributed by atoms with Crippen molar-refractivity contribution in [2.75, 3.05) is 26.4 Å². The van der Waals surface area contributed by atoms with Crippen molar-refractivity contribution in [3.05, 3.63) is 35.9 Å². The van der Waals surface area contributed by atoms with Gasteiger partial charge in [0, 0.05) is 6.61 Å². The van der Waals surface area contributed by atoms with Crippen LogP contribution in [0.3, 0.4) is 0 Å². The molecule has 0 heterocycles. The largest absolute Gasteiger partial charge is 0.464 e. The van der Waals surface area contributed by atoms with E-state index in [1.54, 1.807) is 0 Å². The summed E-state index contributed by atoms with van der Waals surface area (Å²) in [6.45, 7) is 7.73. The van der Waals surface area contributed by atoms with Crippen LogP contribution in [-0.4, -0.2) is 32.3 Å². The zero-order valence-corrected chi connectivity index (χ0v) is 12.6. The van der Waals surface area contributed by atoms with Crippen LogP contribution in [-0.2, 0) is 19.8 Å². The summed E-state index contributed by atoms with van der Waals surface area (Å²) in [5.74, 6) is -0.288. The standard InChI is InChI=1S/C16H25NO3/c1-4-12-19-13-16(17-5-2,15(18)20-6-3)14-10-8-7-9-11-14/h7-11,17H,4-6,12-13H2,1-3H3. The maximum atomic E-state index is 12.5. The summed E-state index contributed by atoms with van der Waals surface area (Å²) in [7, 11) is 0. The third-order valence-electron chi connectivity index (χ3n) is 3.04. The smallest absolute Gasteiger partial charge is 0.333 e. The van der Waals surface area contributed by atoms with Crippen LogP contribution >= 0.6 is 0 Å². The molecule has 1 unspecified atom stereocenters. The molecule has 0 radical (unpaired) electrons. The van der Waals surface area contributed by atoms with Gasteiger partial charge in [0.05, 0.1) is 13.2 Å². The lowest BCUT2D eigenvalue weighted by Crippen LogP contribution is -2.53. The Hall–Kier alpha value is -1.39. The molecule has 112 valence electrons. The molecule has 4 heteroatoms. The molecule has 0 spiro atoms. The number of rotatable bonds is 9. The number of ether oxygens (including phenoxy) is 2. The minimum Gasteiger partial charge on any atom is -0.464 e. The second kappa shape index (κ2) is 8.72. The van der Waals surface area contributed by atoms with E-state index in [0.717, 1.165) is 12.0 Å². The predicted molar refractivity (Wildman–Crippen MR) is 79.5 cm³/mol. The van der Waals surface area contributed by atoms with Gasteiger partial charge in [-0.05, 0) is 25.5 Å². The molecule has 0 saturated heterocycles. The predicted octanol–water partition coefficient (Wildman–Crippen LogP) is 2.48. The van der Waals surface area contributed by atoms with E-state index in [0.29, 0.717) is 19.8 Å². The Morgan fingerprint density at radius 2 is 1.90 bits per heavy atom. The third-order valence-corrected chi connectivity index (χ3v) is 3.04. The van der Waals surface area contributed by atoms with Crippen molar-refractivity contribution >= 4 is 5.97 Å². The summed E-state index contributed by atoms with van der Waals surface area (Å²) in [5, 5.41) is 3.26. The van der Waals surface area contributed by atoms with Gasteiger partial charge in [0.25, 0.3) is 0 Å². The average molecular weight is 279 g/mol. The lowest BCUT2D eigenvalue weighted by molar-refractivity contribution is -0.155. The molecule has 1 N–H and O–H groups in total. The molecule has 0 aliphatic rings. The topological polar surface area (TPSA) is 47.6 Å². The first-order valence-corrected chi connectivity index (χ1v) is 7.26. The molecule has 4 nitrogen and oxygen atoms in total. The Bertz CT molecular complexity index is 394. The van der Waals surface area contributed by atoms with Gasteiger partial charge in [-0.1, -0.05) is 44.2 Å². The Balaban J connectivity index is 3.08. The normalized spacial score (nSPS) is 13.8. The molecule has 1 rings (SSSR count). The highest BCUT2D eigenvalue weighted by molar-refractivity contribution is 5.83. The van der Waals surface area contributed by atoms with Crippen LogP contribution in [0.1, 0.15) is 32.8 Å². The highest BCUT2D eigenvalue weighted by Gasteiger charge is 2.41. The first kappa shape index (κ1) is 16.7. The van der Waals surface area contributed by atoms with Gasteiger partial charge in [-0.3, -0.25) is 5.32 Å². The van der Waals surface area contributed by atoms with Crippen molar-refractivity contribution in [2.24, 2.45) is 0 Å². The Morgan fingerprint density at radius 3 is 2.45 bits per heavy atom. The zero-order chi connectivity index (χ0) is 14.8. The summed E-state index contributed by atoms with van der Waals surface area (Å²) in [6.07, 6.45) is 0.916. The summed E-state index contributed by atoms with van der Waals surface area (Å²) < 4.78 is 10.9. The number of benzene rings is 1. The average Bonchev–Trinajstić information content (AvgIpc) is 2.47. The highest BCUT2D eigenvalue weighted by Crippen LogP contribution is 2.24. The summed E-state index contributed by atoms with van der Waals surface area (Å²) in [4.78, 5) is 12.5. The summed E-state index contributed by atoms with van der Waals surface area (Å²) >= 11 is 0. The van der Waals surface area contributed by atoms with Gasteiger partial charge in [0.1, 0.15) is 0 Å². The third kappa shape index (κ3) is 4.05. The number of likely N-dealkylation sites (N-methyl/N-ethyl adjacent to an activating group) is 1. The van der Waals surface area contributed by atoms with Gasteiger partial charge >= 0.3 is 5.97 Å². The lowest BCUT2D eigenvalue weighted by atomic mass is 9.90. The summed E-state index contributed by atoms with van der Waals surface area (Å²) in [5.41, 5.74) is -0.0577. The van der Waals surface area contributed by atoms with E-state index in [1.165, 1.54) is 0 Å². The molecule has 1 atom stereocenters. The number of esters is 1. The first-order chi connectivity index (χ1) is 9.71. The minimum atomic E-state index is -0.929. The van der Waals surface area contributed by atoms with Crippen LogP contribution < -0.4 is 5.32 Å². The molecule has 0 aliphatic heterocycles. The zero-order valence-electron chi connectivity index (χ0n) is 12.6. The molecule has 20 heavy (non-hydrogen) atoms. The van der Waals surface area contributed by atoms with Crippen LogP contribution in [0, 0.1) is 0 Å². The fourth-order valence-corrected chi connectivity index (χ4v) is 2.13. The van der Waals surface area contributed by atoms with Gasteiger partial charge in [-0.25, -0.2) is 4.79 Å². The highest BCUT2D eigenvalue weighted by atomic mass is 16.5. The van der Waals surface area contributed by atoms with E-state index in [2.05, 4.69) is 5.32 Å². The van der Waals surface area contributed by atoms with Crippen molar-refractivity contribution in [2.45, 2.75) is 32.7 Å². The van der Waals surface area contributed by atoms with Gasteiger partial charge in [0.15, 0.2) is 5.54 Å². The molecule has 0 aliphatic carbocycles. The van der Waals surface area contributed by atoms with E-state index in [4.69, 9.17) is 9.47 Å². The molecule has 1 aromatic rings. The SMILES string of the molecule is CCCOCC(NCC)(C(=O)OCC)c1ccccc1. The van der Waals surface area contributed by atoms with Crippen LogP contribution in [0.4, 0.5) is 0 Å². The summed E-state index contributed by atoms with van der Waals surface area (Å²) in [6, 6.07) is 9.61. The molecular weight excluding hydrogens is 254 g/mol. The Labute approximate surface area is 121 Å². The number of carbonyl (C=O) groups is 1. The van der Waals surface area contributed by atoms with Crippen molar-refractivity contribution in [1.29, 1.82) is 0 Å². The van der Waals surface area contributed by atoms with Gasteiger partial charge in [-0.2, -0.15) is 0 Å². The fourth-order valence-electron chi connectivity index (χ4n) is 2.13. The van der Waals surface area contributed by atoms with E-state index in [-0.39, 0.29) is 12.6 Å². The monoisotopic (exact) mass is 279 g/mol. The molecule has 1 aromatic carbocycles. The van der Waals surface area contributed by atoms with Crippen LogP contribution in [0.15, 0.2) is 30.3 Å². The van der Waals surface area contributed by atoms with Crippen LogP contribution in [0.5, 0.6) is 0 Å². The molecule has 0 amide bonds. The fraction of sp³-hybridized carbons (Fsp3) is 0.562. The molecular formula is C16H25NO3. The Morgan fingerprint density at radius 1 is 1.20 bits per heavy atom. The van der Waals surface area contributed by atoms with E-state index >= 15 is 0 Å². The Kier molecular flexibility index (Phi) is 7.26. The number of nitrogens with one attached hydrogen (secondary N) is 1. The number of hydrogen-bond donors (Lipinski definition) is 1. The maximum Gasteiger partial charge on any atom is 0.333 e. The van der Waals surface area contributed by atoms with Gasteiger partial charge < -0.3 is 9.47 Å². The minimum absolute atomic E-state index is 0.275. The quantitative estimate of drug-likeness (QED) is 0.557. The van der Waals surface area contributed by atoms with Gasteiger partial charge in [-0.15, -0.1) is 0 Å². The van der Waals surface area contributed by atoms with E-state index in [1.807, 2.05) is 51.1 Å². The van der Waals surface area contributed by atoms with Gasteiger partial charge in [0.2, 0.25) is 0 Å². The second-order valence-corrected chi connectivity index (χ2v) is 4.57. The molecule has 0 fully saturated rings. The van der Waals surface area contributed by atoms with E-state index < -0.39 is 5.54 Å². The molecule has 0 aromatic heterocycles. The number of hydrogen-bond acceptors (Lipinski definition) is 4. The van der Waals surface area contributed by atoms with Crippen LogP contribution in [0.2, 0.25) is 0 Å². The van der Waals surface area contributed by atoms with Crippen molar-refractivity contribution in [1.82, 2.24) is 5.32 Å². The van der Waals surface area contributed by atoms with Crippen molar-refractivity contribution in [3.63, 3.8) is 0 Å². The second-order valence-electron chi connectivity index (χ2n) is 4.57. The number of carbonyl (C=O) groups excluding carboxylic acids is 1. The van der Waals surface area contributed by atoms with Crippen molar-refractivity contribution in [3.8, 4) is 0 Å². The van der Waals surface area contributed by atoms with Crippen LogP contribution in [0.25, 0.3) is 0 Å². The first-order valence-electron chi connectivity index (χ1n) is 7.26. The lowest BCUT2D eigenvalue weighted by Gasteiger charge is -2.32. The maximum absolute atomic E-state index is 12.5. The molecule has 0 bridgehead atoms.